The van der Waals surface area contributed by atoms with E-state index in [1.807, 2.05) is 0 Å². The Morgan fingerprint density at radius 3 is 2.48 bits per heavy atom. The van der Waals surface area contributed by atoms with Crippen LogP contribution in [0, 0.1) is 0 Å². The molecule has 0 aromatic heterocycles. The molecule has 2 aliphatic heterocycles. The predicted octanol–water partition coefficient (Wildman–Crippen LogP) is 1.71. The van der Waals surface area contributed by atoms with Gasteiger partial charge in [-0.15, -0.1) is 0 Å². The fourth-order valence-electron chi connectivity index (χ4n) is 3.38. The van der Waals surface area contributed by atoms with Crippen LogP contribution in [0.1, 0.15) is 23.2 Å². The molecule has 0 radical (unpaired) electrons. The Bertz CT molecular complexity index is 1110. The van der Waals surface area contributed by atoms with Gasteiger partial charge in [-0.25, -0.2) is 13.2 Å². The van der Waals surface area contributed by atoms with Crippen LogP contribution in [0.4, 0.5) is 5.69 Å². The summed E-state index contributed by atoms with van der Waals surface area (Å²) < 4.78 is 49.1. The molecular formula is C22H24N2O8S. The van der Waals surface area contributed by atoms with Gasteiger partial charge in [0.25, 0.3) is 15.9 Å². The number of rotatable bonds is 8. The molecule has 11 heteroatoms. The third-order valence-corrected chi connectivity index (χ3v) is 6.46. The van der Waals surface area contributed by atoms with Crippen molar-refractivity contribution in [2.45, 2.75) is 23.8 Å². The molecule has 0 unspecified atom stereocenters. The molecule has 2 aromatic rings. The molecule has 1 saturated heterocycles. The van der Waals surface area contributed by atoms with Gasteiger partial charge in [0, 0.05) is 24.9 Å². The number of amides is 1. The summed E-state index contributed by atoms with van der Waals surface area (Å²) in [5, 5.41) is 2.67. The number of fused-ring (bicyclic) bond motifs is 1. The summed E-state index contributed by atoms with van der Waals surface area (Å²) in [4.78, 5) is 24.0. The molecule has 1 fully saturated rings. The molecule has 1 amide bonds. The summed E-state index contributed by atoms with van der Waals surface area (Å²) >= 11 is 0. The van der Waals surface area contributed by atoms with Gasteiger partial charge in [0.05, 0.1) is 16.6 Å². The zero-order valence-corrected chi connectivity index (χ0v) is 18.6. The predicted molar refractivity (Wildman–Crippen MR) is 117 cm³/mol. The van der Waals surface area contributed by atoms with E-state index >= 15 is 0 Å². The minimum absolute atomic E-state index is 0.00291. The first-order valence-electron chi connectivity index (χ1n) is 10.5. The third-order valence-electron chi connectivity index (χ3n) is 5.08. The third kappa shape index (κ3) is 5.93. The summed E-state index contributed by atoms with van der Waals surface area (Å²) in [7, 11) is -3.88. The molecule has 2 aromatic carbocycles. The van der Waals surface area contributed by atoms with E-state index in [-0.39, 0.29) is 22.3 Å². The van der Waals surface area contributed by atoms with Gasteiger partial charge in [-0.1, -0.05) is 0 Å². The SMILES string of the molecule is O=C(COC(=O)c1ccc(NS(=O)(=O)c2ccc3c(c2)OCCO3)cc1)NC[C@H]1CCCO1. The van der Waals surface area contributed by atoms with Gasteiger partial charge in [-0.3, -0.25) is 9.52 Å². The number of carbonyl (C=O) groups excluding carboxylic acids is 2. The Morgan fingerprint density at radius 2 is 1.76 bits per heavy atom. The Labute approximate surface area is 191 Å². The minimum atomic E-state index is -3.88. The second-order valence-corrected chi connectivity index (χ2v) is 9.19. The highest BCUT2D eigenvalue weighted by molar-refractivity contribution is 7.92. The molecule has 0 bridgehead atoms. The Hall–Kier alpha value is -3.31. The van der Waals surface area contributed by atoms with E-state index in [9.17, 15) is 18.0 Å². The van der Waals surface area contributed by atoms with Gasteiger partial charge in [-0.2, -0.15) is 0 Å². The maximum Gasteiger partial charge on any atom is 0.338 e. The van der Waals surface area contributed by atoms with E-state index in [0.29, 0.717) is 37.9 Å². The van der Waals surface area contributed by atoms with E-state index in [1.54, 1.807) is 6.07 Å². The van der Waals surface area contributed by atoms with Crippen molar-refractivity contribution in [1.29, 1.82) is 0 Å². The summed E-state index contributed by atoms with van der Waals surface area (Å²) in [5.74, 6) is -0.253. The average Bonchev–Trinajstić information content (AvgIpc) is 3.35. The van der Waals surface area contributed by atoms with E-state index in [2.05, 4.69) is 10.0 Å². The number of esters is 1. The van der Waals surface area contributed by atoms with E-state index in [4.69, 9.17) is 18.9 Å². The number of hydrogen-bond donors (Lipinski definition) is 2. The maximum absolute atomic E-state index is 12.7. The zero-order chi connectivity index (χ0) is 23.3. The molecule has 0 spiro atoms. The molecule has 4 rings (SSSR count). The van der Waals surface area contributed by atoms with Crippen molar-refractivity contribution in [3.8, 4) is 11.5 Å². The van der Waals surface area contributed by atoms with Gasteiger partial charge in [-0.05, 0) is 49.2 Å². The second kappa shape index (κ2) is 10.1. The van der Waals surface area contributed by atoms with E-state index in [0.717, 1.165) is 12.8 Å². The minimum Gasteiger partial charge on any atom is -0.486 e. The van der Waals surface area contributed by atoms with E-state index in [1.165, 1.54) is 36.4 Å². The summed E-state index contributed by atoms with van der Waals surface area (Å²) in [6.45, 7) is 1.42. The van der Waals surface area contributed by atoms with E-state index < -0.39 is 28.5 Å². The summed E-state index contributed by atoms with van der Waals surface area (Å²) in [5.41, 5.74) is 0.444. The van der Waals surface area contributed by atoms with Crippen molar-refractivity contribution >= 4 is 27.6 Å². The lowest BCUT2D eigenvalue weighted by molar-refractivity contribution is -0.124. The van der Waals surface area contributed by atoms with Crippen LogP contribution in [0.2, 0.25) is 0 Å². The number of nitrogens with one attached hydrogen (secondary N) is 2. The lowest BCUT2D eigenvalue weighted by atomic mass is 10.2. The van der Waals surface area contributed by atoms with Crippen molar-refractivity contribution in [1.82, 2.24) is 5.32 Å². The Balaban J connectivity index is 1.30. The van der Waals surface area contributed by atoms with Crippen molar-refractivity contribution in [3.63, 3.8) is 0 Å². The van der Waals surface area contributed by atoms with Gasteiger partial charge < -0.3 is 24.3 Å². The molecule has 176 valence electrons. The topological polar surface area (TPSA) is 129 Å². The molecule has 2 aliphatic rings. The molecule has 1 atom stereocenters. The highest BCUT2D eigenvalue weighted by Crippen LogP contribution is 2.32. The Kier molecular flexibility index (Phi) is 6.99. The number of anilines is 1. The molecule has 2 N–H and O–H groups in total. The monoisotopic (exact) mass is 476 g/mol. The van der Waals surface area contributed by atoms with Crippen LogP contribution in [-0.2, 0) is 24.3 Å². The van der Waals surface area contributed by atoms with Crippen LogP contribution in [0.25, 0.3) is 0 Å². The van der Waals surface area contributed by atoms with Crippen LogP contribution >= 0.6 is 0 Å². The number of carbonyl (C=O) groups is 2. The smallest absolute Gasteiger partial charge is 0.338 e. The van der Waals surface area contributed by atoms with Crippen LogP contribution < -0.4 is 19.5 Å². The highest BCUT2D eigenvalue weighted by atomic mass is 32.2. The van der Waals surface area contributed by atoms with Gasteiger partial charge in [0.2, 0.25) is 0 Å². The Morgan fingerprint density at radius 1 is 1.00 bits per heavy atom. The zero-order valence-electron chi connectivity index (χ0n) is 17.7. The molecule has 10 nitrogen and oxygen atoms in total. The largest absolute Gasteiger partial charge is 0.486 e. The van der Waals surface area contributed by atoms with Crippen LogP contribution in [0.5, 0.6) is 11.5 Å². The standard InChI is InChI=1S/C22H24N2O8S/c25-21(23-13-17-2-1-9-29-17)14-32-22(26)15-3-5-16(6-4-15)24-33(27,28)18-7-8-19-20(12-18)31-11-10-30-19/h3-8,12,17,24H,1-2,9-11,13-14H2,(H,23,25)/t17-/m1/s1. The lowest BCUT2D eigenvalue weighted by Crippen LogP contribution is -2.34. The number of benzene rings is 2. The molecular weight excluding hydrogens is 452 g/mol. The molecule has 0 aliphatic carbocycles. The normalized spacial score (nSPS) is 17.3. The lowest BCUT2D eigenvalue weighted by Gasteiger charge is -2.19. The molecule has 0 saturated carbocycles. The fraction of sp³-hybridized carbons (Fsp3) is 0.364. The van der Waals surface area contributed by atoms with Gasteiger partial charge in [0.1, 0.15) is 13.2 Å². The van der Waals surface area contributed by atoms with Crippen molar-refractivity contribution < 1.29 is 37.0 Å². The summed E-state index contributed by atoms with van der Waals surface area (Å²) in [6, 6.07) is 10.0. The first-order chi connectivity index (χ1) is 15.9. The van der Waals surface area contributed by atoms with Crippen molar-refractivity contribution in [2.24, 2.45) is 0 Å². The van der Waals surface area contributed by atoms with Crippen molar-refractivity contribution in [3.05, 3.63) is 48.0 Å². The maximum atomic E-state index is 12.7. The van der Waals surface area contributed by atoms with Crippen LogP contribution in [-0.4, -0.2) is 59.4 Å². The first kappa shape index (κ1) is 22.9. The number of hydrogen-bond acceptors (Lipinski definition) is 8. The first-order valence-corrected chi connectivity index (χ1v) is 12.0. The number of sulfonamides is 1. The molecule has 2 heterocycles. The highest BCUT2D eigenvalue weighted by Gasteiger charge is 2.20. The quantitative estimate of drug-likeness (QED) is 0.551. The van der Waals surface area contributed by atoms with Crippen LogP contribution in [0.15, 0.2) is 47.4 Å². The second-order valence-electron chi connectivity index (χ2n) is 7.50. The number of ether oxygens (including phenoxy) is 4. The van der Waals surface area contributed by atoms with Gasteiger partial charge in [0.15, 0.2) is 18.1 Å². The molecule has 33 heavy (non-hydrogen) atoms. The summed E-state index contributed by atoms with van der Waals surface area (Å²) in [6.07, 6.45) is 1.87. The average molecular weight is 477 g/mol. The van der Waals surface area contributed by atoms with Crippen molar-refractivity contribution in [2.75, 3.05) is 37.7 Å². The van der Waals surface area contributed by atoms with Crippen LogP contribution in [0.3, 0.4) is 0 Å². The fourth-order valence-corrected chi connectivity index (χ4v) is 4.45. The van der Waals surface area contributed by atoms with Gasteiger partial charge >= 0.3 is 5.97 Å².